The van der Waals surface area contributed by atoms with Gasteiger partial charge in [0.25, 0.3) is 0 Å². The summed E-state index contributed by atoms with van der Waals surface area (Å²) in [6, 6.07) is 9.63. The predicted molar refractivity (Wildman–Crippen MR) is 112 cm³/mol. The van der Waals surface area contributed by atoms with E-state index in [9.17, 15) is 17.6 Å². The molecule has 2 rings (SSSR count). The zero-order valence-electron chi connectivity index (χ0n) is 16.5. The van der Waals surface area contributed by atoms with Crippen LogP contribution in [0.2, 0.25) is 5.02 Å². The van der Waals surface area contributed by atoms with Crippen molar-refractivity contribution in [2.24, 2.45) is 0 Å². The Bertz CT molecular complexity index is 969. The van der Waals surface area contributed by atoms with Crippen LogP contribution in [0.1, 0.15) is 18.9 Å². The lowest BCUT2D eigenvalue weighted by Crippen LogP contribution is -2.50. The number of aryl methyl sites for hydroxylation is 1. The Morgan fingerprint density at radius 3 is 2.55 bits per heavy atom. The van der Waals surface area contributed by atoms with Crippen molar-refractivity contribution in [2.45, 2.75) is 26.3 Å². The van der Waals surface area contributed by atoms with Crippen LogP contribution < -0.4 is 14.4 Å². The van der Waals surface area contributed by atoms with Gasteiger partial charge in [-0.15, -0.1) is 0 Å². The second kappa shape index (κ2) is 9.93. The van der Waals surface area contributed by atoms with E-state index in [1.807, 2.05) is 13.0 Å². The molecule has 6 nitrogen and oxygen atoms in total. The average Bonchev–Trinajstić information content (AvgIpc) is 2.65. The van der Waals surface area contributed by atoms with Crippen LogP contribution in [0.4, 0.5) is 10.1 Å². The van der Waals surface area contributed by atoms with Crippen LogP contribution in [0.25, 0.3) is 0 Å². The molecule has 0 saturated carbocycles. The van der Waals surface area contributed by atoms with Crippen molar-refractivity contribution in [2.75, 3.05) is 23.7 Å². The molecule has 1 N–H and O–H groups in total. The largest absolute Gasteiger partial charge is 0.492 e. The number of sulfonamides is 1. The van der Waals surface area contributed by atoms with Crippen molar-refractivity contribution in [3.05, 3.63) is 58.9 Å². The number of halogens is 2. The molecule has 1 atom stereocenters. The number of carbonyl (C=O) groups is 1. The molecule has 29 heavy (non-hydrogen) atoms. The lowest BCUT2D eigenvalue weighted by molar-refractivity contribution is -0.122. The first-order chi connectivity index (χ1) is 13.6. The van der Waals surface area contributed by atoms with E-state index in [0.717, 1.165) is 22.2 Å². The third kappa shape index (κ3) is 6.08. The van der Waals surface area contributed by atoms with Crippen LogP contribution in [0, 0.1) is 12.7 Å². The molecule has 0 aliphatic rings. The Kier molecular flexibility index (Phi) is 7.87. The van der Waals surface area contributed by atoms with Crippen LogP contribution in [0.5, 0.6) is 5.75 Å². The fourth-order valence-corrected chi connectivity index (χ4v) is 4.17. The number of rotatable bonds is 9. The number of nitrogens with one attached hydrogen (secondary N) is 1. The number of hydrogen-bond donors (Lipinski definition) is 1. The smallest absolute Gasteiger partial charge is 0.244 e. The molecule has 158 valence electrons. The molecule has 0 radical (unpaired) electrons. The van der Waals surface area contributed by atoms with Gasteiger partial charge in [-0.05, 0) is 43.2 Å². The zero-order chi connectivity index (χ0) is 21.6. The molecule has 1 unspecified atom stereocenters. The summed E-state index contributed by atoms with van der Waals surface area (Å²) in [5, 5.41) is 3.22. The SMILES string of the molecule is CCC(C(=O)NCCOc1ccc(C)c(Cl)c1)N(c1ccccc1F)S(C)(=O)=O. The molecule has 0 aliphatic carbocycles. The van der Waals surface area contributed by atoms with E-state index in [1.54, 1.807) is 19.1 Å². The van der Waals surface area contributed by atoms with Gasteiger partial charge in [-0.3, -0.25) is 9.10 Å². The van der Waals surface area contributed by atoms with Crippen molar-refractivity contribution in [1.29, 1.82) is 0 Å². The Labute approximate surface area is 175 Å². The van der Waals surface area contributed by atoms with Crippen LogP contribution in [-0.2, 0) is 14.8 Å². The van der Waals surface area contributed by atoms with Crippen LogP contribution in [0.15, 0.2) is 42.5 Å². The molecule has 0 aromatic heterocycles. The summed E-state index contributed by atoms with van der Waals surface area (Å²) in [6.45, 7) is 3.85. The van der Waals surface area contributed by atoms with Gasteiger partial charge in [0.2, 0.25) is 15.9 Å². The number of para-hydroxylation sites is 1. The first-order valence-corrected chi connectivity index (χ1v) is 11.3. The molecule has 0 fully saturated rings. The van der Waals surface area contributed by atoms with Crippen molar-refractivity contribution in [1.82, 2.24) is 5.32 Å². The summed E-state index contributed by atoms with van der Waals surface area (Å²) in [5.41, 5.74) is 0.759. The lowest BCUT2D eigenvalue weighted by atomic mass is 10.2. The Morgan fingerprint density at radius 2 is 1.97 bits per heavy atom. The third-order valence-electron chi connectivity index (χ3n) is 4.23. The van der Waals surface area contributed by atoms with Crippen molar-refractivity contribution in [3.63, 3.8) is 0 Å². The van der Waals surface area contributed by atoms with Gasteiger partial charge < -0.3 is 10.1 Å². The molecular weight excluding hydrogens is 419 g/mol. The number of carbonyl (C=O) groups excluding carboxylic acids is 1. The minimum Gasteiger partial charge on any atom is -0.492 e. The molecule has 2 aromatic carbocycles. The van der Waals surface area contributed by atoms with E-state index in [4.69, 9.17) is 16.3 Å². The maximum atomic E-state index is 14.2. The first-order valence-electron chi connectivity index (χ1n) is 9.05. The van der Waals surface area contributed by atoms with E-state index in [-0.39, 0.29) is 25.3 Å². The average molecular weight is 443 g/mol. The maximum absolute atomic E-state index is 14.2. The molecule has 9 heteroatoms. The standard InChI is InChI=1S/C20H24ClFN2O4S/c1-4-18(24(29(3,26)27)19-8-6-5-7-17(19)22)20(25)23-11-12-28-15-10-9-14(2)16(21)13-15/h5-10,13,18H,4,11-12H2,1-3H3,(H,23,25). The van der Waals surface area contributed by atoms with E-state index in [0.29, 0.717) is 10.8 Å². The Balaban J connectivity index is 2.05. The van der Waals surface area contributed by atoms with Gasteiger partial charge in [-0.25, -0.2) is 12.8 Å². The fourth-order valence-electron chi connectivity index (χ4n) is 2.79. The van der Waals surface area contributed by atoms with Gasteiger partial charge in [-0.1, -0.05) is 36.7 Å². The second-order valence-electron chi connectivity index (χ2n) is 6.48. The number of benzene rings is 2. The van der Waals surface area contributed by atoms with Gasteiger partial charge in [0.05, 0.1) is 18.5 Å². The molecule has 1 amide bonds. The van der Waals surface area contributed by atoms with Crippen molar-refractivity contribution >= 4 is 33.2 Å². The molecule has 0 saturated heterocycles. The van der Waals surface area contributed by atoms with Gasteiger partial charge in [0.1, 0.15) is 24.2 Å². The highest BCUT2D eigenvalue weighted by Crippen LogP contribution is 2.25. The number of ether oxygens (including phenoxy) is 1. The second-order valence-corrected chi connectivity index (χ2v) is 8.75. The van der Waals surface area contributed by atoms with Crippen LogP contribution in [-0.4, -0.2) is 39.8 Å². The highest BCUT2D eigenvalue weighted by molar-refractivity contribution is 7.92. The monoisotopic (exact) mass is 442 g/mol. The predicted octanol–water partition coefficient (Wildman–Crippen LogP) is 3.53. The summed E-state index contributed by atoms with van der Waals surface area (Å²) in [7, 11) is -3.89. The summed E-state index contributed by atoms with van der Waals surface area (Å²) in [5.74, 6) is -0.693. The fraction of sp³-hybridized carbons (Fsp3) is 0.350. The minimum atomic E-state index is -3.89. The van der Waals surface area contributed by atoms with E-state index >= 15 is 0 Å². The molecule has 0 aliphatic heterocycles. The minimum absolute atomic E-state index is 0.149. The summed E-state index contributed by atoms with van der Waals surface area (Å²) in [6.07, 6.45) is 1.11. The molecule has 0 spiro atoms. The Hall–Kier alpha value is -2.32. The highest BCUT2D eigenvalue weighted by Gasteiger charge is 2.32. The summed E-state index contributed by atoms with van der Waals surface area (Å²) >= 11 is 6.04. The van der Waals surface area contributed by atoms with Gasteiger partial charge in [0, 0.05) is 5.02 Å². The first kappa shape index (κ1) is 23.0. The molecule has 2 aromatic rings. The van der Waals surface area contributed by atoms with Gasteiger partial charge in [0.15, 0.2) is 0 Å². The van der Waals surface area contributed by atoms with E-state index < -0.39 is 27.8 Å². The normalized spacial score (nSPS) is 12.3. The molecule has 0 bridgehead atoms. The maximum Gasteiger partial charge on any atom is 0.244 e. The summed E-state index contributed by atoms with van der Waals surface area (Å²) < 4.78 is 45.2. The van der Waals surface area contributed by atoms with E-state index in [1.165, 1.54) is 18.2 Å². The number of nitrogens with zero attached hydrogens (tertiary/aromatic N) is 1. The zero-order valence-corrected chi connectivity index (χ0v) is 18.1. The Morgan fingerprint density at radius 1 is 1.28 bits per heavy atom. The summed E-state index contributed by atoms with van der Waals surface area (Å²) in [4.78, 5) is 12.6. The third-order valence-corrected chi connectivity index (χ3v) is 5.81. The lowest BCUT2D eigenvalue weighted by Gasteiger charge is -2.30. The molecular formula is C20H24ClFN2O4S. The topological polar surface area (TPSA) is 75.7 Å². The van der Waals surface area contributed by atoms with E-state index in [2.05, 4.69) is 5.32 Å². The van der Waals surface area contributed by atoms with Crippen LogP contribution >= 0.6 is 11.6 Å². The highest BCUT2D eigenvalue weighted by atomic mass is 35.5. The van der Waals surface area contributed by atoms with Gasteiger partial charge >= 0.3 is 0 Å². The van der Waals surface area contributed by atoms with Crippen molar-refractivity contribution < 1.29 is 22.3 Å². The number of anilines is 1. The number of amides is 1. The van der Waals surface area contributed by atoms with Gasteiger partial charge in [-0.2, -0.15) is 0 Å². The molecule has 0 heterocycles. The van der Waals surface area contributed by atoms with Crippen LogP contribution in [0.3, 0.4) is 0 Å². The van der Waals surface area contributed by atoms with Crippen molar-refractivity contribution in [3.8, 4) is 5.75 Å². The quantitative estimate of drug-likeness (QED) is 0.603. The number of hydrogen-bond acceptors (Lipinski definition) is 4.